The fraction of sp³-hybridized carbons (Fsp3) is 0. The fourth-order valence-corrected chi connectivity index (χ4v) is 1.73. The number of thiocarbonyl (C=S) groups is 1. The molecule has 9 heteroatoms. The minimum Gasteiger partial charge on any atom is -0.508 e. The first-order valence-corrected chi connectivity index (χ1v) is 7.02. The van der Waals surface area contributed by atoms with E-state index in [1.165, 1.54) is 48.8 Å². The van der Waals surface area contributed by atoms with Crippen molar-refractivity contribution in [1.82, 2.24) is 10.9 Å². The summed E-state index contributed by atoms with van der Waals surface area (Å²) in [5.41, 5.74) is 5.74. The van der Waals surface area contributed by atoms with Crippen LogP contribution in [0.5, 0.6) is 23.0 Å². The Bertz CT molecular complexity index is 743. The molecule has 2 aromatic rings. The van der Waals surface area contributed by atoms with Crippen LogP contribution in [0.3, 0.4) is 0 Å². The van der Waals surface area contributed by atoms with Crippen molar-refractivity contribution < 1.29 is 20.4 Å². The van der Waals surface area contributed by atoms with Crippen LogP contribution in [-0.4, -0.2) is 38.0 Å². The van der Waals surface area contributed by atoms with Gasteiger partial charge in [0, 0.05) is 23.3 Å². The molecule has 0 aliphatic heterocycles. The van der Waals surface area contributed by atoms with Crippen LogP contribution in [0.25, 0.3) is 0 Å². The zero-order valence-corrected chi connectivity index (χ0v) is 13.0. The molecule has 24 heavy (non-hydrogen) atoms. The summed E-state index contributed by atoms with van der Waals surface area (Å²) in [5.74, 6) is -0.358. The van der Waals surface area contributed by atoms with Crippen molar-refractivity contribution in [3.63, 3.8) is 0 Å². The summed E-state index contributed by atoms with van der Waals surface area (Å²) in [6, 6.07) is 8.16. The molecule has 8 nitrogen and oxygen atoms in total. The normalized spacial score (nSPS) is 11.0. The smallest absolute Gasteiger partial charge is 0.207 e. The lowest BCUT2D eigenvalue weighted by molar-refractivity contribution is 0.449. The van der Waals surface area contributed by atoms with Gasteiger partial charge in [0.15, 0.2) is 0 Å². The number of hydrogen-bond acceptors (Lipinski definition) is 7. The first kappa shape index (κ1) is 17.0. The first-order valence-electron chi connectivity index (χ1n) is 6.62. The summed E-state index contributed by atoms with van der Waals surface area (Å²) in [6.07, 6.45) is 2.64. The Kier molecular flexibility index (Phi) is 5.53. The van der Waals surface area contributed by atoms with Crippen LogP contribution in [-0.2, 0) is 0 Å². The molecule has 0 amide bonds. The summed E-state index contributed by atoms with van der Waals surface area (Å²) in [6.45, 7) is 0. The van der Waals surface area contributed by atoms with Gasteiger partial charge in [-0.25, -0.2) is 0 Å². The number of benzene rings is 2. The van der Waals surface area contributed by atoms with E-state index in [1.54, 1.807) is 0 Å². The number of rotatable bonds is 4. The zero-order valence-electron chi connectivity index (χ0n) is 12.2. The minimum atomic E-state index is -0.125. The van der Waals surface area contributed by atoms with Crippen molar-refractivity contribution >= 4 is 29.8 Å². The van der Waals surface area contributed by atoms with Gasteiger partial charge in [-0.2, -0.15) is 10.2 Å². The van der Waals surface area contributed by atoms with Gasteiger partial charge < -0.3 is 20.4 Å². The fourth-order valence-electron chi connectivity index (χ4n) is 1.63. The van der Waals surface area contributed by atoms with E-state index in [4.69, 9.17) is 12.2 Å². The molecule has 0 aliphatic carbocycles. The minimum absolute atomic E-state index is 0.0541. The highest BCUT2D eigenvalue weighted by molar-refractivity contribution is 7.80. The first-order chi connectivity index (χ1) is 11.5. The highest BCUT2D eigenvalue weighted by Crippen LogP contribution is 2.21. The molecule has 0 aromatic heterocycles. The molecule has 2 aromatic carbocycles. The monoisotopic (exact) mass is 346 g/mol. The van der Waals surface area contributed by atoms with Crippen LogP contribution >= 0.6 is 12.2 Å². The highest BCUT2D eigenvalue weighted by Gasteiger charge is 2.00. The van der Waals surface area contributed by atoms with Gasteiger partial charge in [-0.1, -0.05) is 0 Å². The average molecular weight is 346 g/mol. The Labute approximate surface area is 142 Å². The molecule has 0 spiro atoms. The zero-order chi connectivity index (χ0) is 17.5. The number of nitrogens with one attached hydrogen (secondary N) is 2. The molecule has 0 fully saturated rings. The lowest BCUT2D eigenvalue weighted by Crippen LogP contribution is -2.28. The van der Waals surface area contributed by atoms with Crippen LogP contribution in [0.2, 0.25) is 0 Å². The molecule has 0 saturated carbocycles. The Balaban J connectivity index is 1.87. The van der Waals surface area contributed by atoms with E-state index in [0.717, 1.165) is 0 Å². The number of hydrazone groups is 2. The predicted molar refractivity (Wildman–Crippen MR) is 93.6 cm³/mol. The molecule has 6 N–H and O–H groups in total. The molecule has 0 radical (unpaired) electrons. The van der Waals surface area contributed by atoms with Gasteiger partial charge in [-0.05, 0) is 36.5 Å². The second-order valence-corrected chi connectivity index (χ2v) is 4.96. The van der Waals surface area contributed by atoms with E-state index in [2.05, 4.69) is 21.1 Å². The van der Waals surface area contributed by atoms with Crippen LogP contribution in [0.4, 0.5) is 0 Å². The number of nitrogens with zero attached hydrogens (tertiary/aromatic N) is 2. The van der Waals surface area contributed by atoms with Gasteiger partial charge in [0.2, 0.25) is 5.11 Å². The maximum Gasteiger partial charge on any atom is 0.207 e. The van der Waals surface area contributed by atoms with Crippen LogP contribution < -0.4 is 10.9 Å². The number of phenols is 4. The molecular formula is C15H14N4O4S. The highest BCUT2D eigenvalue weighted by atomic mass is 32.1. The second kappa shape index (κ2) is 7.79. The molecular weight excluding hydrogens is 332 g/mol. The van der Waals surface area contributed by atoms with Crippen molar-refractivity contribution in [2.24, 2.45) is 10.2 Å². The van der Waals surface area contributed by atoms with Crippen molar-refractivity contribution in [3.8, 4) is 23.0 Å². The molecule has 0 unspecified atom stereocenters. The average Bonchev–Trinajstić information content (AvgIpc) is 2.51. The van der Waals surface area contributed by atoms with Crippen molar-refractivity contribution in [3.05, 3.63) is 47.5 Å². The topological polar surface area (TPSA) is 130 Å². The van der Waals surface area contributed by atoms with Crippen LogP contribution in [0.1, 0.15) is 11.1 Å². The Morgan fingerprint density at radius 3 is 1.58 bits per heavy atom. The lowest BCUT2D eigenvalue weighted by atomic mass is 10.2. The van der Waals surface area contributed by atoms with E-state index in [9.17, 15) is 20.4 Å². The number of phenolic OH excluding ortho intramolecular Hbond substituents is 4. The number of hydrogen-bond donors (Lipinski definition) is 6. The molecule has 124 valence electrons. The maximum absolute atomic E-state index is 9.58. The van der Waals surface area contributed by atoms with Gasteiger partial charge >= 0.3 is 0 Å². The Hall–Kier alpha value is -3.33. The van der Waals surface area contributed by atoms with Gasteiger partial charge in [0.1, 0.15) is 23.0 Å². The third-order valence-corrected chi connectivity index (χ3v) is 2.95. The Morgan fingerprint density at radius 2 is 1.21 bits per heavy atom. The van der Waals surface area contributed by atoms with Crippen molar-refractivity contribution in [2.45, 2.75) is 0 Å². The molecule has 2 rings (SSSR count). The van der Waals surface area contributed by atoms with E-state index in [-0.39, 0.29) is 28.1 Å². The SMILES string of the molecule is Oc1ccc(C=NNC(=S)NN=Cc2ccc(O)cc2O)c(O)c1. The van der Waals surface area contributed by atoms with Crippen LogP contribution in [0, 0.1) is 0 Å². The van der Waals surface area contributed by atoms with Crippen LogP contribution in [0.15, 0.2) is 46.6 Å². The third kappa shape index (κ3) is 4.85. The molecule has 0 saturated heterocycles. The standard InChI is InChI=1S/C15H14N4O4S/c20-11-3-1-9(13(22)5-11)7-16-18-15(24)19-17-8-10-2-4-12(21)6-14(10)23/h1-8,20-23H,(H2,18,19,24). The van der Waals surface area contributed by atoms with Gasteiger partial charge in [-0.3, -0.25) is 10.9 Å². The summed E-state index contributed by atoms with van der Waals surface area (Å²) in [4.78, 5) is 0. The van der Waals surface area contributed by atoms with Gasteiger partial charge in [0.05, 0.1) is 12.4 Å². The third-order valence-electron chi connectivity index (χ3n) is 2.77. The quantitative estimate of drug-likeness (QED) is 0.280. The summed E-state index contributed by atoms with van der Waals surface area (Å²) in [5, 5.41) is 45.2. The van der Waals surface area contributed by atoms with E-state index in [1.807, 2.05) is 0 Å². The lowest BCUT2D eigenvalue weighted by Gasteiger charge is -2.03. The molecule has 0 aliphatic rings. The summed E-state index contributed by atoms with van der Waals surface area (Å²) < 4.78 is 0. The second-order valence-electron chi connectivity index (χ2n) is 4.56. The van der Waals surface area contributed by atoms with E-state index < -0.39 is 0 Å². The number of aromatic hydroxyl groups is 4. The van der Waals surface area contributed by atoms with Crippen molar-refractivity contribution in [1.29, 1.82) is 0 Å². The van der Waals surface area contributed by atoms with Crippen molar-refractivity contribution in [2.75, 3.05) is 0 Å². The summed E-state index contributed by atoms with van der Waals surface area (Å²) in [7, 11) is 0. The van der Waals surface area contributed by atoms with Gasteiger partial charge in [-0.15, -0.1) is 0 Å². The summed E-state index contributed by atoms with van der Waals surface area (Å²) >= 11 is 4.94. The molecule has 0 atom stereocenters. The Morgan fingerprint density at radius 1 is 0.792 bits per heavy atom. The molecule has 0 bridgehead atoms. The predicted octanol–water partition coefficient (Wildman–Crippen LogP) is 1.34. The van der Waals surface area contributed by atoms with E-state index >= 15 is 0 Å². The molecule has 0 heterocycles. The largest absolute Gasteiger partial charge is 0.508 e. The van der Waals surface area contributed by atoms with E-state index in [0.29, 0.717) is 11.1 Å². The van der Waals surface area contributed by atoms with Gasteiger partial charge in [0.25, 0.3) is 0 Å². The maximum atomic E-state index is 9.58.